The third-order valence-electron chi connectivity index (χ3n) is 2.51. The summed E-state index contributed by atoms with van der Waals surface area (Å²) in [5.41, 5.74) is -0.852. The van der Waals surface area contributed by atoms with E-state index >= 15 is 0 Å². The number of benzene rings is 1. The molecule has 0 unspecified atom stereocenters. The van der Waals surface area contributed by atoms with Gasteiger partial charge in [-0.15, -0.1) is 0 Å². The van der Waals surface area contributed by atoms with Crippen LogP contribution in [0.1, 0.15) is 16.1 Å². The lowest BCUT2D eigenvalue weighted by Gasteiger charge is -2.11. The topological polar surface area (TPSA) is 44.9 Å². The number of nitrogens with one attached hydrogen (secondary N) is 2. The van der Waals surface area contributed by atoms with Crippen molar-refractivity contribution in [1.29, 1.82) is 0 Å². The second kappa shape index (κ2) is 5.90. The standard InChI is InChI=1S/C12H6BrCl2F3N2O/c13-6-2-1-5(12(16,17)18)3-8(6)20-11(21)9-4-7(14)10(15)19-9/h1-4,19H,(H,20,21). The average Bonchev–Trinajstić information content (AvgIpc) is 2.71. The number of hydrogen-bond donors (Lipinski definition) is 2. The Balaban J connectivity index is 2.28. The molecule has 112 valence electrons. The number of carbonyl (C=O) groups is 1. The summed E-state index contributed by atoms with van der Waals surface area (Å²) in [4.78, 5) is 14.4. The van der Waals surface area contributed by atoms with Crippen molar-refractivity contribution in [2.45, 2.75) is 6.18 Å². The normalized spacial score (nSPS) is 11.5. The van der Waals surface area contributed by atoms with Crippen LogP contribution in [0.2, 0.25) is 10.2 Å². The Morgan fingerprint density at radius 2 is 1.90 bits per heavy atom. The molecule has 3 nitrogen and oxygen atoms in total. The molecule has 0 atom stereocenters. The van der Waals surface area contributed by atoms with Crippen LogP contribution >= 0.6 is 39.1 Å². The summed E-state index contributed by atoms with van der Waals surface area (Å²) in [6, 6.07) is 4.21. The second-order valence-electron chi connectivity index (χ2n) is 3.99. The van der Waals surface area contributed by atoms with Crippen LogP contribution in [-0.2, 0) is 6.18 Å². The number of anilines is 1. The van der Waals surface area contributed by atoms with Gasteiger partial charge in [0.1, 0.15) is 10.8 Å². The summed E-state index contributed by atoms with van der Waals surface area (Å²) in [6.07, 6.45) is -4.50. The fraction of sp³-hybridized carbons (Fsp3) is 0.0833. The molecule has 2 rings (SSSR count). The van der Waals surface area contributed by atoms with E-state index in [9.17, 15) is 18.0 Å². The zero-order valence-corrected chi connectivity index (χ0v) is 13.1. The lowest BCUT2D eigenvalue weighted by atomic mass is 10.2. The second-order valence-corrected chi connectivity index (χ2v) is 5.63. The molecule has 2 N–H and O–H groups in total. The summed E-state index contributed by atoms with van der Waals surface area (Å²) in [5, 5.41) is 2.56. The maximum absolute atomic E-state index is 12.6. The predicted molar refractivity (Wildman–Crippen MR) is 77.9 cm³/mol. The largest absolute Gasteiger partial charge is 0.416 e. The Labute approximate surface area is 135 Å². The number of aromatic amines is 1. The van der Waals surface area contributed by atoms with Gasteiger partial charge in [0.2, 0.25) is 0 Å². The first-order valence-corrected chi connectivity index (χ1v) is 6.95. The van der Waals surface area contributed by atoms with Crippen molar-refractivity contribution in [3.05, 3.63) is 50.2 Å². The Morgan fingerprint density at radius 1 is 1.24 bits per heavy atom. The first-order chi connectivity index (χ1) is 9.68. The molecule has 9 heteroatoms. The van der Waals surface area contributed by atoms with Crippen LogP contribution < -0.4 is 5.32 Å². The maximum atomic E-state index is 12.6. The summed E-state index contributed by atoms with van der Waals surface area (Å²) in [5.74, 6) is -0.663. The van der Waals surface area contributed by atoms with E-state index in [4.69, 9.17) is 23.2 Å². The Morgan fingerprint density at radius 3 is 2.43 bits per heavy atom. The minimum absolute atomic E-state index is 0.0170. The van der Waals surface area contributed by atoms with E-state index in [1.165, 1.54) is 12.1 Å². The van der Waals surface area contributed by atoms with E-state index in [1.807, 2.05) is 0 Å². The van der Waals surface area contributed by atoms with Crippen molar-refractivity contribution in [2.75, 3.05) is 5.32 Å². The highest BCUT2D eigenvalue weighted by molar-refractivity contribution is 9.10. The molecule has 0 saturated heterocycles. The highest BCUT2D eigenvalue weighted by Crippen LogP contribution is 2.34. The molecular formula is C12H6BrCl2F3N2O. The Bertz CT molecular complexity index is 681. The first kappa shape index (κ1) is 16.2. The van der Waals surface area contributed by atoms with Crippen molar-refractivity contribution in [2.24, 2.45) is 0 Å². The molecular weight excluding hydrogens is 396 g/mol. The van der Waals surface area contributed by atoms with E-state index in [0.717, 1.165) is 12.1 Å². The van der Waals surface area contributed by atoms with Crippen molar-refractivity contribution >= 4 is 50.7 Å². The third-order valence-corrected chi connectivity index (χ3v) is 3.90. The fourth-order valence-corrected chi connectivity index (χ4v) is 2.17. The van der Waals surface area contributed by atoms with Crippen molar-refractivity contribution < 1.29 is 18.0 Å². The van der Waals surface area contributed by atoms with Crippen molar-refractivity contribution in [1.82, 2.24) is 4.98 Å². The molecule has 0 aliphatic rings. The van der Waals surface area contributed by atoms with Gasteiger partial charge in [0, 0.05) is 4.47 Å². The van der Waals surface area contributed by atoms with Gasteiger partial charge in [0.25, 0.3) is 5.91 Å². The fourth-order valence-electron chi connectivity index (χ4n) is 1.51. The summed E-state index contributed by atoms with van der Waals surface area (Å²) < 4.78 is 38.3. The molecule has 0 radical (unpaired) electrons. The molecule has 1 aromatic heterocycles. The van der Waals surface area contributed by atoms with Crippen LogP contribution in [0.25, 0.3) is 0 Å². The van der Waals surface area contributed by atoms with E-state index < -0.39 is 17.6 Å². The molecule has 1 heterocycles. The number of rotatable bonds is 2. The van der Waals surface area contributed by atoms with Gasteiger partial charge in [0.15, 0.2) is 0 Å². The van der Waals surface area contributed by atoms with Crippen LogP contribution in [0.15, 0.2) is 28.7 Å². The average molecular weight is 402 g/mol. The number of carbonyl (C=O) groups excluding carboxylic acids is 1. The third kappa shape index (κ3) is 3.72. The Hall–Kier alpha value is -1.18. The lowest BCUT2D eigenvalue weighted by Crippen LogP contribution is -2.14. The predicted octanol–water partition coefficient (Wildman–Crippen LogP) is 5.36. The van der Waals surface area contributed by atoms with Gasteiger partial charge < -0.3 is 10.3 Å². The molecule has 0 aliphatic carbocycles. The maximum Gasteiger partial charge on any atom is 0.416 e. The van der Waals surface area contributed by atoms with Gasteiger partial charge in [-0.2, -0.15) is 13.2 Å². The van der Waals surface area contributed by atoms with Crippen molar-refractivity contribution in [3.8, 4) is 0 Å². The molecule has 0 spiro atoms. The number of halogens is 6. The highest BCUT2D eigenvalue weighted by atomic mass is 79.9. The monoisotopic (exact) mass is 400 g/mol. The van der Waals surface area contributed by atoms with Crippen LogP contribution in [0.5, 0.6) is 0 Å². The zero-order chi connectivity index (χ0) is 15.8. The SMILES string of the molecule is O=C(Nc1cc(C(F)(F)F)ccc1Br)c1cc(Cl)c(Cl)[nH]1. The summed E-state index contributed by atoms with van der Waals surface area (Å²) >= 11 is 14.4. The van der Waals surface area contributed by atoms with Crippen LogP contribution in [0.4, 0.5) is 18.9 Å². The molecule has 2 aromatic rings. The number of alkyl halides is 3. The van der Waals surface area contributed by atoms with E-state index in [-0.39, 0.29) is 21.6 Å². The number of aromatic nitrogens is 1. The minimum Gasteiger partial charge on any atom is -0.340 e. The van der Waals surface area contributed by atoms with Gasteiger partial charge in [-0.05, 0) is 40.2 Å². The molecule has 0 fully saturated rings. The molecule has 21 heavy (non-hydrogen) atoms. The number of amides is 1. The smallest absolute Gasteiger partial charge is 0.340 e. The van der Waals surface area contributed by atoms with Crippen molar-refractivity contribution in [3.63, 3.8) is 0 Å². The highest BCUT2D eigenvalue weighted by Gasteiger charge is 2.31. The van der Waals surface area contributed by atoms with E-state index in [0.29, 0.717) is 4.47 Å². The zero-order valence-electron chi connectivity index (χ0n) is 9.99. The van der Waals surface area contributed by atoms with E-state index in [1.54, 1.807) is 0 Å². The first-order valence-electron chi connectivity index (χ1n) is 5.40. The Kier molecular flexibility index (Phi) is 4.55. The molecule has 0 bridgehead atoms. The van der Waals surface area contributed by atoms with Crippen LogP contribution in [-0.4, -0.2) is 10.9 Å². The van der Waals surface area contributed by atoms with Gasteiger partial charge in [-0.3, -0.25) is 4.79 Å². The summed E-state index contributed by atoms with van der Waals surface area (Å²) in [6.45, 7) is 0. The minimum atomic E-state index is -4.50. The number of H-pyrrole nitrogens is 1. The molecule has 0 aliphatic heterocycles. The van der Waals surface area contributed by atoms with Gasteiger partial charge in [-0.25, -0.2) is 0 Å². The van der Waals surface area contributed by atoms with Crippen LogP contribution in [0.3, 0.4) is 0 Å². The number of hydrogen-bond acceptors (Lipinski definition) is 1. The van der Waals surface area contributed by atoms with Gasteiger partial charge in [-0.1, -0.05) is 23.2 Å². The molecule has 0 saturated carbocycles. The van der Waals surface area contributed by atoms with Gasteiger partial charge >= 0.3 is 6.18 Å². The van der Waals surface area contributed by atoms with Gasteiger partial charge in [0.05, 0.1) is 16.3 Å². The molecule has 1 aromatic carbocycles. The molecule has 1 amide bonds. The lowest BCUT2D eigenvalue weighted by molar-refractivity contribution is -0.137. The summed E-state index contributed by atoms with van der Waals surface area (Å²) in [7, 11) is 0. The van der Waals surface area contributed by atoms with Crippen LogP contribution in [0, 0.1) is 0 Å². The van der Waals surface area contributed by atoms with E-state index in [2.05, 4.69) is 26.2 Å². The quantitative estimate of drug-likeness (QED) is 0.699.